The normalized spacial score (nSPS) is 11.2. The quantitative estimate of drug-likeness (QED) is 0.350. The third kappa shape index (κ3) is 5.31. The number of hydrogen-bond acceptors (Lipinski definition) is 6. The van der Waals surface area contributed by atoms with E-state index in [1.54, 1.807) is 34.6 Å². The monoisotopic (exact) mass is 316 g/mol. The van der Waals surface area contributed by atoms with Crippen LogP contribution in [0.25, 0.3) is 0 Å². The summed E-state index contributed by atoms with van der Waals surface area (Å²) in [4.78, 5) is 36.2. The maximum absolute atomic E-state index is 12.4. The molecule has 0 bridgehead atoms. The number of esters is 3. The van der Waals surface area contributed by atoms with Gasteiger partial charge < -0.3 is 14.2 Å². The third-order valence-electron chi connectivity index (χ3n) is 3.52. The minimum absolute atomic E-state index is 0.154. The summed E-state index contributed by atoms with van der Waals surface area (Å²) < 4.78 is 15.0. The Morgan fingerprint density at radius 1 is 0.864 bits per heavy atom. The van der Waals surface area contributed by atoms with Gasteiger partial charge in [-0.05, 0) is 39.5 Å². The van der Waals surface area contributed by atoms with Crippen LogP contribution in [0.2, 0.25) is 0 Å². The Bertz CT molecular complexity index is 357. The Labute approximate surface area is 132 Å². The van der Waals surface area contributed by atoms with Crippen molar-refractivity contribution >= 4 is 17.9 Å². The van der Waals surface area contributed by atoms with Crippen molar-refractivity contribution in [2.75, 3.05) is 19.8 Å². The van der Waals surface area contributed by atoms with E-state index in [-0.39, 0.29) is 37.9 Å². The van der Waals surface area contributed by atoms with E-state index in [0.717, 1.165) is 0 Å². The molecule has 0 aliphatic rings. The van der Waals surface area contributed by atoms with Gasteiger partial charge in [0.25, 0.3) is 0 Å². The molecule has 128 valence electrons. The van der Waals surface area contributed by atoms with Gasteiger partial charge >= 0.3 is 17.9 Å². The first-order valence-electron chi connectivity index (χ1n) is 7.86. The number of rotatable bonds is 10. The molecule has 0 aliphatic carbocycles. The Balaban J connectivity index is 5.15. The maximum atomic E-state index is 12.4. The van der Waals surface area contributed by atoms with E-state index in [4.69, 9.17) is 14.2 Å². The van der Waals surface area contributed by atoms with Gasteiger partial charge in [-0.2, -0.15) is 0 Å². The second kappa shape index (κ2) is 10.2. The first-order chi connectivity index (χ1) is 10.4. The summed E-state index contributed by atoms with van der Waals surface area (Å²) in [5.74, 6) is -1.82. The summed E-state index contributed by atoms with van der Waals surface area (Å²) >= 11 is 0. The summed E-state index contributed by atoms with van der Waals surface area (Å²) in [5.41, 5.74) is -1.38. The smallest absolute Gasteiger partial charge is 0.323 e. The number of ether oxygens (including phenoxy) is 3. The molecule has 0 spiro atoms. The number of carbonyl (C=O) groups excluding carboxylic acids is 3. The summed E-state index contributed by atoms with van der Waals surface area (Å²) in [6, 6.07) is 0. The molecule has 0 heterocycles. The Hall–Kier alpha value is -1.59. The molecule has 6 nitrogen and oxygen atoms in total. The molecular formula is C16H28O6. The second-order valence-corrected chi connectivity index (χ2v) is 5.23. The van der Waals surface area contributed by atoms with Crippen molar-refractivity contribution in [3.05, 3.63) is 0 Å². The highest BCUT2D eigenvalue weighted by Crippen LogP contribution is 2.36. The molecule has 0 rings (SSSR count). The predicted octanol–water partition coefficient (Wildman–Crippen LogP) is 2.49. The maximum Gasteiger partial charge on any atom is 0.323 e. The molecule has 0 N–H and O–H groups in total. The van der Waals surface area contributed by atoms with Gasteiger partial charge in [-0.15, -0.1) is 0 Å². The first-order valence-corrected chi connectivity index (χ1v) is 7.86. The fraction of sp³-hybridized carbons (Fsp3) is 0.812. The molecule has 0 aromatic rings. The van der Waals surface area contributed by atoms with Gasteiger partial charge in [0.15, 0.2) is 5.41 Å². The molecule has 6 heteroatoms. The summed E-state index contributed by atoms with van der Waals surface area (Å²) in [7, 11) is 0. The molecule has 0 aromatic carbocycles. The van der Waals surface area contributed by atoms with Crippen molar-refractivity contribution in [1.82, 2.24) is 0 Å². The SMILES string of the molecule is CCOC(=O)CCCC(C(=O)OCC)(C(=O)OCC)C(C)C. The lowest BCUT2D eigenvalue weighted by molar-refractivity contribution is -0.177. The van der Waals surface area contributed by atoms with Gasteiger partial charge in [0.05, 0.1) is 19.8 Å². The fourth-order valence-corrected chi connectivity index (χ4v) is 2.31. The molecule has 0 atom stereocenters. The van der Waals surface area contributed by atoms with Crippen LogP contribution in [0.1, 0.15) is 53.9 Å². The molecule has 0 saturated carbocycles. The van der Waals surface area contributed by atoms with E-state index in [2.05, 4.69) is 0 Å². The predicted molar refractivity (Wildman–Crippen MR) is 81.0 cm³/mol. The molecule has 0 radical (unpaired) electrons. The largest absolute Gasteiger partial charge is 0.466 e. The van der Waals surface area contributed by atoms with Crippen molar-refractivity contribution in [1.29, 1.82) is 0 Å². The lowest BCUT2D eigenvalue weighted by Gasteiger charge is -2.32. The van der Waals surface area contributed by atoms with E-state index >= 15 is 0 Å². The van der Waals surface area contributed by atoms with Gasteiger partial charge in [-0.1, -0.05) is 13.8 Å². The third-order valence-corrected chi connectivity index (χ3v) is 3.52. The Morgan fingerprint density at radius 3 is 1.68 bits per heavy atom. The summed E-state index contributed by atoms with van der Waals surface area (Å²) in [6.07, 6.45) is 0.705. The van der Waals surface area contributed by atoms with Gasteiger partial charge in [0, 0.05) is 6.42 Å². The van der Waals surface area contributed by atoms with E-state index in [1.807, 2.05) is 0 Å². The topological polar surface area (TPSA) is 78.9 Å². The highest BCUT2D eigenvalue weighted by molar-refractivity contribution is 6.00. The summed E-state index contributed by atoms with van der Waals surface area (Å²) in [5, 5.41) is 0. The van der Waals surface area contributed by atoms with Gasteiger partial charge in [-0.3, -0.25) is 14.4 Å². The van der Waals surface area contributed by atoms with Gasteiger partial charge in [0.2, 0.25) is 0 Å². The molecule has 0 unspecified atom stereocenters. The molecule has 0 saturated heterocycles. The number of carbonyl (C=O) groups is 3. The zero-order chi connectivity index (χ0) is 17.2. The highest BCUT2D eigenvalue weighted by Gasteiger charge is 2.51. The fourth-order valence-electron chi connectivity index (χ4n) is 2.31. The molecule has 22 heavy (non-hydrogen) atoms. The Kier molecular flexibility index (Phi) is 9.45. The van der Waals surface area contributed by atoms with Gasteiger partial charge in [-0.25, -0.2) is 0 Å². The van der Waals surface area contributed by atoms with E-state index in [9.17, 15) is 14.4 Å². The van der Waals surface area contributed by atoms with Crippen LogP contribution in [0, 0.1) is 11.3 Å². The van der Waals surface area contributed by atoms with Crippen LogP contribution in [-0.4, -0.2) is 37.7 Å². The van der Waals surface area contributed by atoms with Crippen LogP contribution in [-0.2, 0) is 28.6 Å². The van der Waals surface area contributed by atoms with Crippen molar-refractivity contribution < 1.29 is 28.6 Å². The van der Waals surface area contributed by atoms with E-state index in [1.165, 1.54) is 0 Å². The second-order valence-electron chi connectivity index (χ2n) is 5.23. The lowest BCUT2D eigenvalue weighted by Crippen LogP contribution is -2.46. The van der Waals surface area contributed by atoms with Crippen molar-refractivity contribution in [3.63, 3.8) is 0 Å². The molecular weight excluding hydrogens is 288 g/mol. The first kappa shape index (κ1) is 20.4. The van der Waals surface area contributed by atoms with Crippen LogP contribution in [0.15, 0.2) is 0 Å². The minimum Gasteiger partial charge on any atom is -0.466 e. The molecule has 0 amide bonds. The standard InChI is InChI=1S/C16H28O6/c1-6-20-13(17)10-9-11-16(12(4)5,14(18)21-7-2)15(19)22-8-3/h12H,6-11H2,1-5H3. The summed E-state index contributed by atoms with van der Waals surface area (Å²) in [6.45, 7) is 9.34. The number of hydrogen-bond donors (Lipinski definition) is 0. The minimum atomic E-state index is -1.38. The van der Waals surface area contributed by atoms with Crippen LogP contribution in [0.5, 0.6) is 0 Å². The van der Waals surface area contributed by atoms with Crippen LogP contribution in [0.3, 0.4) is 0 Å². The van der Waals surface area contributed by atoms with Gasteiger partial charge in [0.1, 0.15) is 0 Å². The van der Waals surface area contributed by atoms with Crippen LogP contribution < -0.4 is 0 Å². The molecule has 0 fully saturated rings. The van der Waals surface area contributed by atoms with Crippen molar-refractivity contribution in [2.24, 2.45) is 11.3 Å². The highest BCUT2D eigenvalue weighted by atomic mass is 16.6. The van der Waals surface area contributed by atoms with Crippen LogP contribution in [0.4, 0.5) is 0 Å². The molecule has 0 aliphatic heterocycles. The van der Waals surface area contributed by atoms with Crippen molar-refractivity contribution in [3.8, 4) is 0 Å². The lowest BCUT2D eigenvalue weighted by atomic mass is 9.73. The van der Waals surface area contributed by atoms with E-state index < -0.39 is 17.4 Å². The van der Waals surface area contributed by atoms with Crippen LogP contribution >= 0.6 is 0 Å². The van der Waals surface area contributed by atoms with E-state index in [0.29, 0.717) is 13.0 Å². The molecule has 0 aromatic heterocycles. The zero-order valence-corrected chi connectivity index (χ0v) is 14.3. The average molecular weight is 316 g/mol. The van der Waals surface area contributed by atoms with Crippen molar-refractivity contribution in [2.45, 2.75) is 53.9 Å². The zero-order valence-electron chi connectivity index (χ0n) is 14.3. The average Bonchev–Trinajstić information content (AvgIpc) is 2.43. The Morgan fingerprint density at radius 2 is 1.32 bits per heavy atom.